The van der Waals surface area contributed by atoms with Crippen molar-refractivity contribution in [2.24, 2.45) is 7.05 Å². The maximum Gasteiger partial charge on any atom is 0.338 e. The summed E-state index contributed by atoms with van der Waals surface area (Å²) in [6.45, 7) is 19.4. The average molecular weight is 779 g/mol. The minimum atomic E-state index is -0.393. The molecule has 0 fully saturated rings. The first kappa shape index (κ1) is 42.0. The number of nitrogens with zero attached hydrogens (tertiary/aromatic N) is 3. The summed E-state index contributed by atoms with van der Waals surface area (Å²) < 4.78 is 10.4. The van der Waals surface area contributed by atoms with E-state index in [0.29, 0.717) is 18.7 Å². The second-order valence-corrected chi connectivity index (χ2v) is 17.1. The third-order valence-electron chi connectivity index (χ3n) is 11.1. The Morgan fingerprint density at radius 3 is 1.97 bits per heavy atom. The van der Waals surface area contributed by atoms with E-state index in [2.05, 4.69) is 138 Å². The highest BCUT2D eigenvalue weighted by molar-refractivity contribution is 6.08. The van der Waals surface area contributed by atoms with Crippen molar-refractivity contribution < 1.29 is 24.3 Å². The van der Waals surface area contributed by atoms with Crippen LogP contribution in [0.15, 0.2) is 121 Å². The van der Waals surface area contributed by atoms with Crippen LogP contribution in [0.2, 0.25) is 0 Å². The normalized spacial score (nSPS) is 13.0. The molecule has 0 saturated carbocycles. The lowest BCUT2D eigenvalue weighted by molar-refractivity contribution is -0.525. The van der Waals surface area contributed by atoms with E-state index >= 15 is 0 Å². The minimum absolute atomic E-state index is 0.0992. The van der Waals surface area contributed by atoms with Crippen LogP contribution in [-0.2, 0) is 22.6 Å². The van der Waals surface area contributed by atoms with Crippen molar-refractivity contribution in [3.8, 4) is 17.0 Å². The first-order valence-electron chi connectivity index (χ1n) is 20.5. The lowest BCUT2D eigenvalue weighted by atomic mass is 9.78. The summed E-state index contributed by atoms with van der Waals surface area (Å²) >= 11 is 0. The molecule has 0 bridgehead atoms. The predicted octanol–water partition coefficient (Wildman–Crippen LogP) is 10.2. The molecule has 0 spiro atoms. The molecule has 302 valence electrons. The summed E-state index contributed by atoms with van der Waals surface area (Å²) in [6.07, 6.45) is 8.71. The van der Waals surface area contributed by atoms with Crippen LogP contribution in [-0.4, -0.2) is 70.4 Å². The van der Waals surface area contributed by atoms with Crippen molar-refractivity contribution in [2.45, 2.75) is 66.2 Å². The number of anilines is 1. The standard InChI is InChI=1S/C51H59N3O4/c1-10-53(29-31-55)39-25-21-35(22-26-39)45(46-41-19-15-16-20-44(41)52(9)47(46)37-17-13-12-14-18-37)36-23-27-40(28-24-36)54(11-2)30-32-58-49(57)38-33-42(50(3,4)5)48(56)43(34-38)51(6,7)8/h12-28,33-34,55H,10-11,29-32H2,1-9H3/p+1. The van der Waals surface area contributed by atoms with E-state index in [9.17, 15) is 15.0 Å². The number of aliphatic hydroxyl groups excluding tert-OH is 1. The Morgan fingerprint density at radius 1 is 0.793 bits per heavy atom. The van der Waals surface area contributed by atoms with E-state index in [1.165, 1.54) is 10.9 Å². The van der Waals surface area contributed by atoms with Crippen molar-refractivity contribution in [1.82, 2.24) is 4.57 Å². The number of esters is 1. The molecule has 1 aliphatic carbocycles. The molecule has 0 saturated heterocycles. The number of aliphatic hydroxyl groups is 1. The molecule has 1 aliphatic rings. The summed E-state index contributed by atoms with van der Waals surface area (Å²) in [6, 6.07) is 31.5. The molecule has 1 heterocycles. The van der Waals surface area contributed by atoms with Gasteiger partial charge in [-0.25, -0.2) is 9.37 Å². The third-order valence-corrected chi connectivity index (χ3v) is 11.1. The van der Waals surface area contributed by atoms with E-state index < -0.39 is 5.97 Å². The Kier molecular flexibility index (Phi) is 12.6. The van der Waals surface area contributed by atoms with Crippen LogP contribution in [0.25, 0.3) is 27.7 Å². The van der Waals surface area contributed by atoms with Gasteiger partial charge in [-0.15, -0.1) is 0 Å². The van der Waals surface area contributed by atoms with Gasteiger partial charge in [0.2, 0.25) is 0 Å². The van der Waals surface area contributed by atoms with Crippen molar-refractivity contribution in [2.75, 3.05) is 44.3 Å². The zero-order valence-corrected chi connectivity index (χ0v) is 35.8. The first-order chi connectivity index (χ1) is 27.7. The number of hydrogen-bond donors (Lipinski definition) is 2. The van der Waals surface area contributed by atoms with Crippen LogP contribution >= 0.6 is 0 Å². The van der Waals surface area contributed by atoms with Crippen LogP contribution in [0.4, 0.5) is 5.69 Å². The third kappa shape index (κ3) is 8.75. The number of fused-ring (bicyclic) bond motifs is 1. The summed E-state index contributed by atoms with van der Waals surface area (Å²) in [4.78, 5) is 15.7. The number of aromatic hydroxyl groups is 1. The SMILES string of the molecule is CCN(CCOC(=O)c1cc(C(C)(C)C)c(O)c(C(C)(C)C)c1)c1ccc(C(=C2C=CC(=[N+](CC)CCO)C=C2)c2c(-c3ccccc3)n(C)c3ccccc23)cc1. The lowest BCUT2D eigenvalue weighted by Gasteiger charge is -2.28. The monoisotopic (exact) mass is 778 g/mol. The molecule has 0 amide bonds. The number of benzene rings is 4. The molecule has 0 aliphatic heterocycles. The number of phenols is 1. The average Bonchev–Trinajstić information content (AvgIpc) is 3.50. The number of allylic oxidation sites excluding steroid dienone is 5. The molecule has 58 heavy (non-hydrogen) atoms. The fraction of sp³-hybridized carbons (Fsp3) is 0.333. The van der Waals surface area contributed by atoms with Crippen LogP contribution < -0.4 is 4.90 Å². The number of hydrogen-bond acceptors (Lipinski definition) is 5. The fourth-order valence-corrected chi connectivity index (χ4v) is 8.00. The Labute approximate surface area is 344 Å². The van der Waals surface area contributed by atoms with Gasteiger partial charge in [0.15, 0.2) is 12.3 Å². The molecule has 4 aromatic carbocycles. The smallest absolute Gasteiger partial charge is 0.338 e. The number of aromatic nitrogens is 1. The number of phenolic OH excluding ortho intramolecular Hbond substituents is 1. The molecule has 7 heteroatoms. The number of likely N-dealkylation sites (N-methyl/N-ethyl adjacent to an activating group) is 2. The van der Waals surface area contributed by atoms with E-state index in [0.717, 1.165) is 69.1 Å². The van der Waals surface area contributed by atoms with E-state index in [1.807, 2.05) is 41.5 Å². The first-order valence-corrected chi connectivity index (χ1v) is 20.5. The van der Waals surface area contributed by atoms with Gasteiger partial charge in [0.1, 0.15) is 25.5 Å². The molecule has 0 radical (unpaired) electrons. The maximum absolute atomic E-state index is 13.5. The molecule has 0 unspecified atom stereocenters. The second kappa shape index (κ2) is 17.5. The molecule has 7 nitrogen and oxygen atoms in total. The van der Waals surface area contributed by atoms with Gasteiger partial charge in [-0.3, -0.25) is 0 Å². The lowest BCUT2D eigenvalue weighted by Crippen LogP contribution is -2.28. The zero-order valence-electron chi connectivity index (χ0n) is 35.8. The van der Waals surface area contributed by atoms with Gasteiger partial charge >= 0.3 is 5.97 Å². The van der Waals surface area contributed by atoms with Crippen LogP contribution in [0.1, 0.15) is 88.0 Å². The van der Waals surface area contributed by atoms with Crippen LogP contribution in [0.3, 0.4) is 0 Å². The van der Waals surface area contributed by atoms with Gasteiger partial charge in [-0.05, 0) is 89.4 Å². The number of carbonyl (C=O) groups excluding carboxylic acids is 1. The van der Waals surface area contributed by atoms with E-state index in [-0.39, 0.29) is 29.8 Å². The summed E-state index contributed by atoms with van der Waals surface area (Å²) in [5, 5.41) is 22.0. The summed E-state index contributed by atoms with van der Waals surface area (Å²) in [5.41, 5.74) is 11.3. The molecular weight excluding hydrogens is 719 g/mol. The second-order valence-electron chi connectivity index (χ2n) is 17.1. The Morgan fingerprint density at radius 2 is 1.40 bits per heavy atom. The largest absolute Gasteiger partial charge is 0.507 e. The topological polar surface area (TPSA) is 77.9 Å². The molecule has 5 aromatic rings. The molecule has 6 rings (SSSR count). The van der Waals surface area contributed by atoms with Gasteiger partial charge < -0.3 is 24.4 Å². The molecule has 0 atom stereocenters. The summed E-state index contributed by atoms with van der Waals surface area (Å²) in [7, 11) is 2.15. The number of carbonyl (C=O) groups is 1. The highest BCUT2D eigenvalue weighted by Crippen LogP contribution is 2.43. The van der Waals surface area contributed by atoms with E-state index in [4.69, 9.17) is 4.74 Å². The van der Waals surface area contributed by atoms with Crippen LogP contribution in [0, 0.1) is 0 Å². The van der Waals surface area contributed by atoms with Gasteiger partial charge in [0.25, 0.3) is 0 Å². The van der Waals surface area contributed by atoms with Gasteiger partial charge in [0, 0.05) is 59.0 Å². The van der Waals surface area contributed by atoms with Crippen molar-refractivity contribution in [1.29, 1.82) is 0 Å². The number of ether oxygens (including phenoxy) is 1. The van der Waals surface area contributed by atoms with Gasteiger partial charge in [-0.1, -0.05) is 102 Å². The Hall–Kier alpha value is -5.66. The van der Waals surface area contributed by atoms with E-state index in [1.54, 1.807) is 12.1 Å². The van der Waals surface area contributed by atoms with Crippen LogP contribution in [0.5, 0.6) is 5.75 Å². The quantitative estimate of drug-likeness (QED) is 0.0974. The van der Waals surface area contributed by atoms with Crippen molar-refractivity contribution in [3.05, 3.63) is 149 Å². The molecule has 2 N–H and O–H groups in total. The maximum atomic E-state index is 13.5. The highest BCUT2D eigenvalue weighted by atomic mass is 16.5. The predicted molar refractivity (Wildman–Crippen MR) is 241 cm³/mol. The summed E-state index contributed by atoms with van der Waals surface area (Å²) in [5.74, 6) is -0.150. The van der Waals surface area contributed by atoms with Crippen molar-refractivity contribution in [3.63, 3.8) is 0 Å². The van der Waals surface area contributed by atoms with Gasteiger partial charge in [0.05, 0.1) is 17.8 Å². The molecule has 1 aromatic heterocycles. The highest BCUT2D eigenvalue weighted by Gasteiger charge is 2.29. The zero-order chi connectivity index (χ0) is 41.8. The Bertz CT molecular complexity index is 2350. The Balaban J connectivity index is 1.35. The molecular formula is C51H60N3O4+. The van der Waals surface area contributed by atoms with Crippen molar-refractivity contribution >= 4 is 33.8 Å². The number of rotatable bonds is 12. The number of aryl methyl sites for hydroxylation is 1. The fourth-order valence-electron chi connectivity index (χ4n) is 8.00. The minimum Gasteiger partial charge on any atom is -0.507 e. The number of para-hydroxylation sites is 1. The van der Waals surface area contributed by atoms with Gasteiger partial charge in [-0.2, -0.15) is 0 Å².